The van der Waals surface area contributed by atoms with Crippen molar-refractivity contribution < 1.29 is 19.5 Å². The van der Waals surface area contributed by atoms with Gasteiger partial charge in [0.05, 0.1) is 18.2 Å². The molecule has 9 heteroatoms. The first-order valence-corrected chi connectivity index (χ1v) is 15.6. The number of likely N-dealkylation sites (tertiary alicyclic amines) is 1. The number of hydrogen-bond acceptors (Lipinski definition) is 6. The second-order valence-corrected chi connectivity index (χ2v) is 12.5. The third-order valence-electron chi connectivity index (χ3n) is 8.01. The summed E-state index contributed by atoms with van der Waals surface area (Å²) in [6.45, 7) is 2.97. The van der Waals surface area contributed by atoms with Gasteiger partial charge in [0.1, 0.15) is 6.29 Å². The van der Waals surface area contributed by atoms with Crippen LogP contribution in [-0.4, -0.2) is 69.7 Å². The highest BCUT2D eigenvalue weighted by Gasteiger charge is 2.36. The van der Waals surface area contributed by atoms with Crippen LogP contribution in [0.1, 0.15) is 49.7 Å². The number of anilines is 1. The van der Waals surface area contributed by atoms with Gasteiger partial charge in [-0.3, -0.25) is 14.5 Å². The number of carboxylic acids is 1. The first-order valence-electron chi connectivity index (χ1n) is 14.7. The third-order valence-corrected chi connectivity index (χ3v) is 9.23. The molecule has 1 saturated heterocycles. The standard InChI is InChI=1S/C33H38N4O4S/c38-23-27-22-37(32(41)26-20-36(21-26)19-25-13-11-24(12-14-25)15-16-31(39)40)18-17-30(27)35-33(34-28-7-3-1-4-8-28)42-29-9-5-2-6-10-29/h1,3-4,7-8,11-16,23,26,29H,2,5-6,9-10,17-22H2,(H,34,35)(H,39,40)/b16-15+. The molecule has 0 bridgehead atoms. The number of nitrogens with zero attached hydrogens (tertiary/aromatic N) is 3. The van der Waals surface area contributed by atoms with Gasteiger partial charge in [0, 0.05) is 55.2 Å². The van der Waals surface area contributed by atoms with Gasteiger partial charge in [0.2, 0.25) is 5.91 Å². The predicted molar refractivity (Wildman–Crippen MR) is 168 cm³/mol. The fourth-order valence-corrected chi connectivity index (χ4v) is 6.89. The Labute approximate surface area is 251 Å². The van der Waals surface area contributed by atoms with Crippen LogP contribution in [0, 0.1) is 5.92 Å². The second kappa shape index (κ2) is 14.5. The SMILES string of the molecule is O=CC1=C(N=C(Nc2ccccc2)SC2CCCCC2)CCN(C(=O)C2CN(Cc3ccc(/C=C/C(=O)O)cc3)C2)C1. The third kappa shape index (κ3) is 8.20. The summed E-state index contributed by atoms with van der Waals surface area (Å²) in [6, 6.07) is 17.8. The number of carbonyl (C=O) groups excluding carboxylic acids is 2. The summed E-state index contributed by atoms with van der Waals surface area (Å²) in [5, 5.41) is 13.6. The van der Waals surface area contributed by atoms with Crippen molar-refractivity contribution in [1.82, 2.24) is 9.80 Å². The number of carboxylic acid groups (broad SMARTS) is 1. The Balaban J connectivity index is 1.18. The van der Waals surface area contributed by atoms with E-state index < -0.39 is 5.97 Å². The summed E-state index contributed by atoms with van der Waals surface area (Å²) in [6.07, 6.45) is 10.2. The molecule has 8 nitrogen and oxygen atoms in total. The topological polar surface area (TPSA) is 102 Å². The lowest BCUT2D eigenvalue weighted by molar-refractivity contribution is -0.141. The van der Waals surface area contributed by atoms with Gasteiger partial charge in [-0.2, -0.15) is 0 Å². The Morgan fingerprint density at radius 2 is 1.76 bits per heavy atom. The second-order valence-electron chi connectivity index (χ2n) is 11.2. The van der Waals surface area contributed by atoms with Crippen molar-refractivity contribution in [2.24, 2.45) is 10.9 Å². The van der Waals surface area contributed by atoms with Gasteiger partial charge in [0.15, 0.2) is 5.17 Å². The molecule has 2 N–H and O–H groups in total. The van der Waals surface area contributed by atoms with Crippen LogP contribution in [0.4, 0.5) is 5.69 Å². The van der Waals surface area contributed by atoms with Crippen LogP contribution < -0.4 is 5.32 Å². The van der Waals surface area contributed by atoms with E-state index in [4.69, 9.17) is 10.1 Å². The molecule has 1 amide bonds. The van der Waals surface area contributed by atoms with Gasteiger partial charge in [-0.1, -0.05) is 73.5 Å². The van der Waals surface area contributed by atoms with E-state index in [0.29, 0.717) is 43.4 Å². The maximum atomic E-state index is 13.3. The van der Waals surface area contributed by atoms with Crippen molar-refractivity contribution in [2.75, 3.05) is 31.5 Å². The van der Waals surface area contributed by atoms with E-state index >= 15 is 0 Å². The molecule has 2 fully saturated rings. The number of nitrogens with one attached hydrogen (secondary N) is 1. The molecule has 2 aliphatic heterocycles. The molecule has 0 radical (unpaired) electrons. The number of aliphatic imine (C=N–C) groups is 1. The molecule has 0 spiro atoms. The number of amidine groups is 1. The van der Waals surface area contributed by atoms with Crippen LogP contribution in [0.3, 0.4) is 0 Å². The monoisotopic (exact) mass is 586 g/mol. The van der Waals surface area contributed by atoms with Gasteiger partial charge >= 0.3 is 5.97 Å². The number of aldehydes is 1. The maximum absolute atomic E-state index is 13.3. The molecular formula is C33H38N4O4S. The van der Waals surface area contributed by atoms with Crippen LogP contribution in [0.15, 0.2) is 76.9 Å². The minimum atomic E-state index is -0.970. The van der Waals surface area contributed by atoms with Crippen molar-refractivity contribution in [3.05, 3.63) is 83.1 Å². The fourth-order valence-electron chi connectivity index (χ4n) is 5.66. The van der Waals surface area contributed by atoms with Crippen molar-refractivity contribution in [3.63, 3.8) is 0 Å². The largest absolute Gasteiger partial charge is 0.478 e. The van der Waals surface area contributed by atoms with Crippen molar-refractivity contribution >= 4 is 46.9 Å². The van der Waals surface area contributed by atoms with Gasteiger partial charge in [0.25, 0.3) is 0 Å². The Morgan fingerprint density at radius 3 is 2.45 bits per heavy atom. The van der Waals surface area contributed by atoms with E-state index in [-0.39, 0.29) is 11.8 Å². The molecule has 0 atom stereocenters. The zero-order valence-electron chi connectivity index (χ0n) is 23.8. The molecular weight excluding hydrogens is 548 g/mol. The summed E-state index contributed by atoms with van der Waals surface area (Å²) in [4.78, 5) is 45.2. The van der Waals surface area contributed by atoms with E-state index in [9.17, 15) is 14.4 Å². The van der Waals surface area contributed by atoms with E-state index in [1.54, 1.807) is 17.8 Å². The first kappa shape index (κ1) is 29.8. The summed E-state index contributed by atoms with van der Waals surface area (Å²) < 4.78 is 0. The molecule has 1 aliphatic carbocycles. The van der Waals surface area contributed by atoms with E-state index in [2.05, 4.69) is 10.2 Å². The summed E-state index contributed by atoms with van der Waals surface area (Å²) >= 11 is 1.77. The Kier molecular flexibility index (Phi) is 10.3. The molecule has 0 aromatic heterocycles. The van der Waals surface area contributed by atoms with E-state index in [1.807, 2.05) is 59.5 Å². The Hall–Kier alpha value is -3.69. The minimum absolute atomic E-state index is 0.0714. The smallest absolute Gasteiger partial charge is 0.328 e. The van der Waals surface area contributed by atoms with Crippen LogP contribution in [-0.2, 0) is 20.9 Å². The summed E-state index contributed by atoms with van der Waals surface area (Å²) in [7, 11) is 0. The average Bonchev–Trinajstić information content (AvgIpc) is 2.99. The molecule has 2 aromatic carbocycles. The average molecular weight is 587 g/mol. The summed E-state index contributed by atoms with van der Waals surface area (Å²) in [5.74, 6) is -0.942. The lowest BCUT2D eigenvalue weighted by Crippen LogP contribution is -2.54. The quantitative estimate of drug-likeness (QED) is 0.175. The number of para-hydroxylation sites is 1. The lowest BCUT2D eigenvalue weighted by atomic mass is 9.95. The Morgan fingerprint density at radius 1 is 1.02 bits per heavy atom. The number of thioether (sulfide) groups is 1. The number of benzene rings is 2. The zero-order chi connectivity index (χ0) is 29.3. The van der Waals surface area contributed by atoms with Crippen LogP contribution in [0.2, 0.25) is 0 Å². The Bertz CT molecular complexity index is 1340. The molecule has 3 aliphatic rings. The van der Waals surface area contributed by atoms with Gasteiger partial charge in [-0.25, -0.2) is 9.79 Å². The van der Waals surface area contributed by atoms with Crippen molar-refractivity contribution in [2.45, 2.75) is 50.3 Å². The highest BCUT2D eigenvalue weighted by Crippen LogP contribution is 2.31. The molecule has 0 unspecified atom stereocenters. The van der Waals surface area contributed by atoms with E-state index in [0.717, 1.165) is 46.6 Å². The van der Waals surface area contributed by atoms with Gasteiger partial charge in [-0.15, -0.1) is 0 Å². The molecule has 1 saturated carbocycles. The number of aliphatic carboxylic acids is 1. The number of rotatable bonds is 9. The fraction of sp³-hybridized carbons (Fsp3) is 0.394. The number of hydrogen-bond donors (Lipinski definition) is 2. The summed E-state index contributed by atoms with van der Waals surface area (Å²) in [5.41, 5.74) is 4.28. The molecule has 2 aromatic rings. The predicted octanol–water partition coefficient (Wildman–Crippen LogP) is 5.44. The minimum Gasteiger partial charge on any atom is -0.478 e. The molecule has 42 heavy (non-hydrogen) atoms. The number of amides is 1. The maximum Gasteiger partial charge on any atom is 0.328 e. The molecule has 220 valence electrons. The van der Waals surface area contributed by atoms with Gasteiger partial charge < -0.3 is 15.3 Å². The molecule has 2 heterocycles. The normalized spacial score (nSPS) is 19.1. The first-order chi connectivity index (χ1) is 20.5. The molecule has 5 rings (SSSR count). The van der Waals surface area contributed by atoms with E-state index in [1.165, 1.54) is 32.1 Å². The van der Waals surface area contributed by atoms with Gasteiger partial charge in [-0.05, 0) is 42.2 Å². The number of carbonyl (C=O) groups is 3. The van der Waals surface area contributed by atoms with Crippen molar-refractivity contribution in [1.29, 1.82) is 0 Å². The van der Waals surface area contributed by atoms with Crippen LogP contribution in [0.25, 0.3) is 6.08 Å². The highest BCUT2D eigenvalue weighted by atomic mass is 32.2. The van der Waals surface area contributed by atoms with Crippen LogP contribution in [0.5, 0.6) is 0 Å². The van der Waals surface area contributed by atoms with Crippen molar-refractivity contribution in [3.8, 4) is 0 Å². The zero-order valence-corrected chi connectivity index (χ0v) is 24.6. The van der Waals surface area contributed by atoms with Crippen LogP contribution >= 0.6 is 11.8 Å². The lowest BCUT2D eigenvalue weighted by Gasteiger charge is -2.41. The highest BCUT2D eigenvalue weighted by molar-refractivity contribution is 8.14.